The highest BCUT2D eigenvalue weighted by molar-refractivity contribution is 9.12. The van der Waals surface area contributed by atoms with Crippen LogP contribution in [0.3, 0.4) is 0 Å². The number of benzene rings is 2. The highest BCUT2D eigenvalue weighted by atomic mass is 79.9. The van der Waals surface area contributed by atoms with Gasteiger partial charge in [0.05, 0.1) is 16.3 Å². The van der Waals surface area contributed by atoms with Gasteiger partial charge in [-0.2, -0.15) is 0 Å². The average Bonchev–Trinajstić information content (AvgIpc) is 3.19. The number of nitrogens with zero attached hydrogens (tertiary/aromatic N) is 1. The molecule has 0 spiro atoms. The number of phenols is 1. The molecule has 3 aliphatic carbocycles. The van der Waals surface area contributed by atoms with Gasteiger partial charge in [-0.25, -0.2) is 0 Å². The van der Waals surface area contributed by atoms with E-state index < -0.39 is 23.7 Å². The zero-order valence-corrected chi connectivity index (χ0v) is 22.8. The largest absolute Gasteiger partial charge is 0.507 e. The SMILES string of the molecule is CCN1C(=O)C2CC=C3C(c4ccc(OCc5ccccc5)cc4O)C4=C(CC3C2C1=O)C(=O)C(Br)=CC4=O. The number of allylic oxidation sites excluding steroid dienone is 6. The molecule has 0 aromatic heterocycles. The summed E-state index contributed by atoms with van der Waals surface area (Å²) in [5, 5.41) is 11.2. The number of fused-ring (bicyclic) bond motifs is 3. The van der Waals surface area contributed by atoms with Gasteiger partial charge in [-0.3, -0.25) is 24.1 Å². The van der Waals surface area contributed by atoms with E-state index >= 15 is 0 Å². The maximum absolute atomic E-state index is 13.4. The van der Waals surface area contributed by atoms with Crippen LogP contribution in [0.2, 0.25) is 0 Å². The van der Waals surface area contributed by atoms with Crippen LogP contribution in [0.25, 0.3) is 0 Å². The lowest BCUT2D eigenvalue weighted by molar-refractivity contribution is -0.139. The predicted octanol–water partition coefficient (Wildman–Crippen LogP) is 4.75. The maximum Gasteiger partial charge on any atom is 0.233 e. The van der Waals surface area contributed by atoms with Crippen molar-refractivity contribution in [2.75, 3.05) is 6.54 Å². The third-order valence-electron chi connectivity index (χ3n) is 8.30. The third kappa shape index (κ3) is 4.09. The van der Waals surface area contributed by atoms with Gasteiger partial charge in [-0.05, 0) is 53.2 Å². The summed E-state index contributed by atoms with van der Waals surface area (Å²) in [4.78, 5) is 54.3. The predicted molar refractivity (Wildman–Crippen MR) is 146 cm³/mol. The number of carbonyl (C=O) groups is 4. The molecule has 0 bridgehead atoms. The first-order valence-corrected chi connectivity index (χ1v) is 13.8. The molecule has 2 aromatic rings. The highest BCUT2D eigenvalue weighted by Crippen LogP contribution is 2.56. The minimum Gasteiger partial charge on any atom is -0.507 e. The Bertz CT molecular complexity index is 1520. The summed E-state index contributed by atoms with van der Waals surface area (Å²) in [6.07, 6.45) is 3.78. The Balaban J connectivity index is 1.42. The molecule has 4 aliphatic rings. The van der Waals surface area contributed by atoms with Crippen molar-refractivity contribution in [3.8, 4) is 11.5 Å². The number of ether oxygens (including phenoxy) is 1. The first kappa shape index (κ1) is 25.5. The molecule has 4 unspecified atom stereocenters. The first-order valence-electron chi connectivity index (χ1n) is 13.0. The van der Waals surface area contributed by atoms with E-state index in [-0.39, 0.29) is 40.0 Å². The number of hydrogen-bond donors (Lipinski definition) is 1. The number of hydrogen-bond acceptors (Lipinski definition) is 6. The molecule has 1 N–H and O–H groups in total. The molecule has 1 heterocycles. The summed E-state index contributed by atoms with van der Waals surface area (Å²) in [7, 11) is 0. The summed E-state index contributed by atoms with van der Waals surface area (Å²) in [5.74, 6) is -2.86. The van der Waals surface area contributed by atoms with Crippen molar-refractivity contribution < 1.29 is 29.0 Å². The van der Waals surface area contributed by atoms with Crippen LogP contribution in [0, 0.1) is 17.8 Å². The molecule has 0 radical (unpaired) electrons. The number of carbonyl (C=O) groups excluding carboxylic acids is 4. The quantitative estimate of drug-likeness (QED) is 0.308. The Morgan fingerprint density at radius 3 is 2.51 bits per heavy atom. The van der Waals surface area contributed by atoms with Crippen LogP contribution in [0.5, 0.6) is 11.5 Å². The lowest BCUT2D eigenvalue weighted by Crippen LogP contribution is -2.39. The van der Waals surface area contributed by atoms with Crippen LogP contribution in [-0.2, 0) is 25.8 Å². The summed E-state index contributed by atoms with van der Waals surface area (Å²) in [6.45, 7) is 2.39. The van der Waals surface area contributed by atoms with Gasteiger partial charge in [-0.15, -0.1) is 0 Å². The molecule has 198 valence electrons. The zero-order valence-electron chi connectivity index (χ0n) is 21.2. The zero-order chi connectivity index (χ0) is 27.4. The van der Waals surface area contributed by atoms with E-state index in [9.17, 15) is 24.3 Å². The van der Waals surface area contributed by atoms with Gasteiger partial charge >= 0.3 is 0 Å². The monoisotopic (exact) mass is 587 g/mol. The van der Waals surface area contributed by atoms with Gasteiger partial charge in [0.15, 0.2) is 11.6 Å². The third-order valence-corrected chi connectivity index (χ3v) is 8.89. The Labute approximate surface area is 234 Å². The fraction of sp³-hybridized carbons (Fsp3) is 0.290. The van der Waals surface area contributed by atoms with Crippen LogP contribution in [0.1, 0.15) is 36.8 Å². The number of aromatic hydroxyl groups is 1. The number of likely N-dealkylation sites (tertiary alicyclic amines) is 1. The molecular formula is C31H26BrNO6. The Hall–Kier alpha value is -3.78. The first-order chi connectivity index (χ1) is 18.8. The fourth-order valence-electron chi connectivity index (χ4n) is 6.54. The molecule has 0 saturated carbocycles. The number of ketones is 2. The minimum atomic E-state index is -0.713. The van der Waals surface area contributed by atoms with E-state index in [0.717, 1.165) is 11.1 Å². The van der Waals surface area contributed by atoms with Gasteiger partial charge in [0, 0.05) is 41.3 Å². The van der Waals surface area contributed by atoms with Crippen molar-refractivity contribution in [2.24, 2.45) is 17.8 Å². The molecule has 2 amide bonds. The van der Waals surface area contributed by atoms with E-state index in [1.165, 1.54) is 17.0 Å². The average molecular weight is 588 g/mol. The highest BCUT2D eigenvalue weighted by Gasteiger charge is 2.56. The maximum atomic E-state index is 13.4. The second kappa shape index (κ2) is 9.75. The van der Waals surface area contributed by atoms with Crippen LogP contribution < -0.4 is 4.74 Å². The fourth-order valence-corrected chi connectivity index (χ4v) is 6.98. The van der Waals surface area contributed by atoms with Crippen LogP contribution in [0.15, 0.2) is 81.9 Å². The second-order valence-corrected chi connectivity index (χ2v) is 11.2. The molecule has 6 rings (SSSR count). The number of halogens is 1. The van der Waals surface area contributed by atoms with Crippen LogP contribution in [-0.4, -0.2) is 39.9 Å². The second-order valence-electron chi connectivity index (χ2n) is 10.3. The van der Waals surface area contributed by atoms with Crippen LogP contribution >= 0.6 is 15.9 Å². The normalized spacial score (nSPS) is 26.2. The van der Waals surface area contributed by atoms with Gasteiger partial charge in [-0.1, -0.05) is 48.0 Å². The molecule has 8 heteroatoms. The van der Waals surface area contributed by atoms with E-state index in [2.05, 4.69) is 15.9 Å². The molecular weight excluding hydrogens is 562 g/mol. The molecule has 1 saturated heterocycles. The van der Waals surface area contributed by atoms with Crippen molar-refractivity contribution in [3.05, 3.63) is 93.0 Å². The standard InChI is InChI=1S/C31H26BrNO6/c1-2-33-30(37)20-11-10-18-21(27(20)31(33)38)13-22-28(25(35)14-23(32)29(22)36)26(18)19-9-8-17(12-24(19)34)39-15-16-6-4-3-5-7-16/h3-10,12,14,20-21,26-27,34H,2,11,13,15H2,1H3. The Morgan fingerprint density at radius 2 is 1.79 bits per heavy atom. The van der Waals surface area contributed by atoms with Gasteiger partial charge in [0.1, 0.15) is 18.1 Å². The van der Waals surface area contributed by atoms with Crippen molar-refractivity contribution in [1.82, 2.24) is 4.90 Å². The summed E-state index contributed by atoms with van der Waals surface area (Å²) in [6, 6.07) is 14.6. The Morgan fingerprint density at radius 1 is 1.03 bits per heavy atom. The number of phenolic OH excluding ortho intramolecular Hbond substituents is 1. The molecule has 7 nitrogen and oxygen atoms in total. The molecule has 4 atom stereocenters. The van der Waals surface area contributed by atoms with E-state index in [4.69, 9.17) is 4.74 Å². The van der Waals surface area contributed by atoms with Crippen molar-refractivity contribution >= 4 is 39.3 Å². The van der Waals surface area contributed by atoms with E-state index in [1.54, 1.807) is 19.1 Å². The molecule has 2 aromatic carbocycles. The molecule has 1 aliphatic heterocycles. The Kier molecular flexibility index (Phi) is 6.38. The molecule has 1 fully saturated rings. The summed E-state index contributed by atoms with van der Waals surface area (Å²) < 4.78 is 6.05. The van der Waals surface area contributed by atoms with Crippen molar-refractivity contribution in [1.29, 1.82) is 0 Å². The van der Waals surface area contributed by atoms with Crippen molar-refractivity contribution in [2.45, 2.75) is 32.3 Å². The molecule has 39 heavy (non-hydrogen) atoms. The van der Waals surface area contributed by atoms with Gasteiger partial charge in [0.25, 0.3) is 0 Å². The van der Waals surface area contributed by atoms with Crippen LogP contribution in [0.4, 0.5) is 0 Å². The summed E-state index contributed by atoms with van der Waals surface area (Å²) >= 11 is 3.23. The minimum absolute atomic E-state index is 0.0704. The topological polar surface area (TPSA) is 101 Å². The van der Waals surface area contributed by atoms with Gasteiger partial charge in [0.2, 0.25) is 11.8 Å². The van der Waals surface area contributed by atoms with Crippen molar-refractivity contribution in [3.63, 3.8) is 0 Å². The lowest BCUT2D eigenvalue weighted by atomic mass is 9.59. The summed E-state index contributed by atoms with van der Waals surface area (Å²) in [5.41, 5.74) is 2.90. The number of rotatable bonds is 5. The smallest absolute Gasteiger partial charge is 0.233 e. The van der Waals surface area contributed by atoms with E-state index in [0.29, 0.717) is 42.0 Å². The lowest BCUT2D eigenvalue weighted by Gasteiger charge is -2.42. The number of Topliss-reactive ketones (excluding diaryl/α,β-unsaturated/α-hetero) is 1. The van der Waals surface area contributed by atoms with E-state index in [1.807, 2.05) is 36.4 Å². The number of amides is 2. The van der Waals surface area contributed by atoms with Gasteiger partial charge < -0.3 is 9.84 Å². The number of imide groups is 1.